The number of aliphatic hydroxyl groups is 2. The average molecular weight is 145 g/mol. The van der Waals surface area contributed by atoms with E-state index in [0.717, 1.165) is 0 Å². The molecule has 0 aromatic heterocycles. The number of allylic oxidation sites excluding steroid dienone is 1. The zero-order valence-corrected chi connectivity index (χ0v) is 6.36. The largest absolute Gasteiger partial charge is 0.392 e. The van der Waals surface area contributed by atoms with Crippen LogP contribution in [-0.2, 0) is 0 Å². The van der Waals surface area contributed by atoms with Gasteiger partial charge in [0.1, 0.15) is 0 Å². The van der Waals surface area contributed by atoms with E-state index in [0.29, 0.717) is 0 Å². The fourth-order valence-electron chi connectivity index (χ4n) is 0.611. The molecular formula is C7H15NO2. The minimum absolute atomic E-state index is 0.587. The Hall–Kier alpha value is -0.380. The first-order valence-electron chi connectivity index (χ1n) is 3.34. The summed E-state index contributed by atoms with van der Waals surface area (Å²) in [6.07, 6.45) is 1.83. The van der Waals surface area contributed by atoms with Gasteiger partial charge in [-0.15, -0.1) is 0 Å². The number of nitrogens with two attached hydrogens (primary N) is 1. The fraction of sp³-hybridized carbons (Fsp3) is 0.714. The van der Waals surface area contributed by atoms with Gasteiger partial charge in [0.25, 0.3) is 0 Å². The molecule has 0 aromatic carbocycles. The fourth-order valence-corrected chi connectivity index (χ4v) is 0.611. The van der Waals surface area contributed by atoms with E-state index in [1.54, 1.807) is 26.0 Å². The Morgan fingerprint density at radius 1 is 1.40 bits per heavy atom. The predicted molar refractivity (Wildman–Crippen MR) is 40.5 cm³/mol. The maximum Gasteiger partial charge on any atom is 0.0896 e. The highest BCUT2D eigenvalue weighted by molar-refractivity contribution is 4.93. The number of hydrogen-bond donors (Lipinski definition) is 3. The summed E-state index contributed by atoms with van der Waals surface area (Å²) in [6, 6.07) is -0.587. The lowest BCUT2D eigenvalue weighted by molar-refractivity contribution is 0.0903. The molecule has 3 heteroatoms. The van der Waals surface area contributed by atoms with Crippen molar-refractivity contribution in [1.29, 1.82) is 0 Å². The lowest BCUT2D eigenvalue weighted by atomic mass is 10.1. The van der Waals surface area contributed by atoms with Crippen LogP contribution in [0.2, 0.25) is 0 Å². The third-order valence-corrected chi connectivity index (χ3v) is 1.34. The van der Waals surface area contributed by atoms with Gasteiger partial charge >= 0.3 is 0 Å². The number of hydrogen-bond acceptors (Lipinski definition) is 3. The lowest BCUT2D eigenvalue weighted by Gasteiger charge is -2.17. The number of rotatable bonds is 3. The lowest BCUT2D eigenvalue weighted by Crippen LogP contribution is -2.42. The Balaban J connectivity index is 3.81. The molecular weight excluding hydrogens is 130 g/mol. The molecule has 4 N–H and O–H groups in total. The Bertz CT molecular complexity index is 112. The third kappa shape index (κ3) is 2.96. The minimum Gasteiger partial charge on any atom is -0.392 e. The van der Waals surface area contributed by atoms with Gasteiger partial charge in [0, 0.05) is 0 Å². The highest BCUT2D eigenvalue weighted by atomic mass is 16.3. The molecule has 0 spiro atoms. The second kappa shape index (κ2) is 4.44. The van der Waals surface area contributed by atoms with Crippen LogP contribution in [0.15, 0.2) is 12.2 Å². The molecule has 0 aliphatic rings. The van der Waals surface area contributed by atoms with E-state index in [1.165, 1.54) is 0 Å². The van der Waals surface area contributed by atoms with Crippen molar-refractivity contribution in [3.63, 3.8) is 0 Å². The standard InChI is InChI=1S/C7H15NO2/c1-3-4-6(10)7(8)5(2)9/h3-7,9-10H,8H2,1-2H3. The van der Waals surface area contributed by atoms with Gasteiger partial charge in [0.2, 0.25) is 0 Å². The highest BCUT2D eigenvalue weighted by Crippen LogP contribution is 1.97. The number of aliphatic hydroxyl groups excluding tert-OH is 2. The normalized spacial score (nSPS) is 20.9. The molecule has 0 heterocycles. The summed E-state index contributed by atoms with van der Waals surface area (Å²) in [7, 11) is 0. The van der Waals surface area contributed by atoms with E-state index in [2.05, 4.69) is 0 Å². The maximum atomic E-state index is 9.12. The summed E-state index contributed by atoms with van der Waals surface area (Å²) in [6.45, 7) is 3.34. The molecule has 0 aliphatic carbocycles. The summed E-state index contributed by atoms with van der Waals surface area (Å²) >= 11 is 0. The molecule has 3 atom stereocenters. The molecule has 0 aliphatic heterocycles. The molecule has 0 radical (unpaired) electrons. The quantitative estimate of drug-likeness (QED) is 0.475. The molecule has 3 nitrogen and oxygen atoms in total. The van der Waals surface area contributed by atoms with E-state index < -0.39 is 18.2 Å². The first-order valence-corrected chi connectivity index (χ1v) is 3.34. The van der Waals surface area contributed by atoms with Crippen molar-refractivity contribution in [1.82, 2.24) is 0 Å². The van der Waals surface area contributed by atoms with Crippen LogP contribution in [0.5, 0.6) is 0 Å². The average Bonchev–Trinajstić information content (AvgIpc) is 1.87. The van der Waals surface area contributed by atoms with Gasteiger partial charge in [-0.3, -0.25) is 0 Å². The second-order valence-electron chi connectivity index (χ2n) is 2.33. The van der Waals surface area contributed by atoms with Crippen LogP contribution in [-0.4, -0.2) is 28.5 Å². The molecule has 60 valence electrons. The van der Waals surface area contributed by atoms with Gasteiger partial charge in [0.05, 0.1) is 18.2 Å². The zero-order chi connectivity index (χ0) is 8.15. The molecule has 0 fully saturated rings. The molecule has 0 aromatic rings. The van der Waals surface area contributed by atoms with Crippen LogP contribution in [0.4, 0.5) is 0 Å². The topological polar surface area (TPSA) is 66.5 Å². The molecule has 0 amide bonds. The molecule has 0 saturated heterocycles. The van der Waals surface area contributed by atoms with Crippen molar-refractivity contribution in [2.75, 3.05) is 0 Å². The van der Waals surface area contributed by atoms with Crippen molar-refractivity contribution in [3.8, 4) is 0 Å². The van der Waals surface area contributed by atoms with Gasteiger partial charge < -0.3 is 15.9 Å². The van der Waals surface area contributed by atoms with E-state index in [9.17, 15) is 0 Å². The Morgan fingerprint density at radius 3 is 2.20 bits per heavy atom. The Kier molecular flexibility index (Phi) is 4.27. The van der Waals surface area contributed by atoms with Crippen molar-refractivity contribution in [2.45, 2.75) is 32.1 Å². The van der Waals surface area contributed by atoms with Crippen molar-refractivity contribution in [3.05, 3.63) is 12.2 Å². The van der Waals surface area contributed by atoms with Crippen LogP contribution in [0.3, 0.4) is 0 Å². The summed E-state index contributed by atoms with van der Waals surface area (Å²) in [5.74, 6) is 0. The molecule has 3 unspecified atom stereocenters. The van der Waals surface area contributed by atoms with Crippen LogP contribution < -0.4 is 5.73 Å². The molecule has 0 bridgehead atoms. The van der Waals surface area contributed by atoms with Gasteiger partial charge in [-0.25, -0.2) is 0 Å². The van der Waals surface area contributed by atoms with Gasteiger partial charge in [-0.1, -0.05) is 12.2 Å². The van der Waals surface area contributed by atoms with Gasteiger partial charge in [-0.2, -0.15) is 0 Å². The van der Waals surface area contributed by atoms with E-state index >= 15 is 0 Å². The van der Waals surface area contributed by atoms with Gasteiger partial charge in [0.15, 0.2) is 0 Å². The van der Waals surface area contributed by atoms with E-state index in [1.807, 2.05) is 0 Å². The van der Waals surface area contributed by atoms with E-state index in [4.69, 9.17) is 15.9 Å². The monoisotopic (exact) mass is 145 g/mol. The predicted octanol–water partition coefficient (Wildman–Crippen LogP) is -0.368. The van der Waals surface area contributed by atoms with Gasteiger partial charge in [-0.05, 0) is 13.8 Å². The van der Waals surface area contributed by atoms with Crippen molar-refractivity contribution in [2.24, 2.45) is 5.73 Å². The highest BCUT2D eigenvalue weighted by Gasteiger charge is 2.15. The summed E-state index contributed by atoms with van der Waals surface area (Å²) in [5.41, 5.74) is 5.39. The third-order valence-electron chi connectivity index (χ3n) is 1.34. The summed E-state index contributed by atoms with van der Waals surface area (Å²) in [4.78, 5) is 0. The van der Waals surface area contributed by atoms with Crippen LogP contribution in [0, 0.1) is 0 Å². The minimum atomic E-state index is -0.745. The Morgan fingerprint density at radius 2 is 1.90 bits per heavy atom. The first-order chi connectivity index (χ1) is 4.59. The summed E-state index contributed by atoms with van der Waals surface area (Å²) in [5, 5.41) is 18.0. The van der Waals surface area contributed by atoms with Crippen molar-refractivity contribution >= 4 is 0 Å². The van der Waals surface area contributed by atoms with E-state index in [-0.39, 0.29) is 0 Å². The molecule has 0 saturated carbocycles. The molecule has 0 rings (SSSR count). The van der Waals surface area contributed by atoms with Crippen LogP contribution >= 0.6 is 0 Å². The second-order valence-corrected chi connectivity index (χ2v) is 2.33. The first kappa shape index (κ1) is 9.62. The van der Waals surface area contributed by atoms with Crippen LogP contribution in [0.25, 0.3) is 0 Å². The summed E-state index contributed by atoms with van der Waals surface area (Å²) < 4.78 is 0. The van der Waals surface area contributed by atoms with Crippen molar-refractivity contribution < 1.29 is 10.2 Å². The smallest absolute Gasteiger partial charge is 0.0896 e. The van der Waals surface area contributed by atoms with Crippen LogP contribution in [0.1, 0.15) is 13.8 Å². The maximum absolute atomic E-state index is 9.12. The SMILES string of the molecule is CC=CC(O)C(N)C(C)O. The zero-order valence-electron chi connectivity index (χ0n) is 6.36. The molecule has 10 heavy (non-hydrogen) atoms. The Labute approximate surface area is 61.2 Å².